The first kappa shape index (κ1) is 26.3. The number of ether oxygens (including phenoxy) is 1. The number of carbonyl (C=O) groups is 1. The minimum Gasteiger partial charge on any atom is -0.494 e. The largest absolute Gasteiger partial charge is 0.494 e. The number of carbonyl (C=O) groups excluding carboxylic acids is 1. The number of halogens is 4. The van der Waals surface area contributed by atoms with Crippen LogP contribution in [-0.4, -0.2) is 68.1 Å². The Labute approximate surface area is 209 Å². The van der Waals surface area contributed by atoms with Gasteiger partial charge < -0.3 is 19.4 Å². The van der Waals surface area contributed by atoms with Gasteiger partial charge in [0.2, 0.25) is 0 Å². The Hall–Kier alpha value is -2.81. The third-order valence-electron chi connectivity index (χ3n) is 6.91. The first-order valence-electron chi connectivity index (χ1n) is 12.6. The Bertz CT molecular complexity index is 1020. The number of rotatable bonds is 7. The molecule has 2 saturated heterocycles. The minimum absolute atomic E-state index is 0.279. The van der Waals surface area contributed by atoms with Crippen LogP contribution in [0, 0.1) is 11.7 Å². The number of piperazine rings is 1. The molecule has 2 heterocycles. The zero-order valence-electron chi connectivity index (χ0n) is 20.6. The van der Waals surface area contributed by atoms with Crippen LogP contribution in [-0.2, 0) is 6.18 Å². The summed E-state index contributed by atoms with van der Waals surface area (Å²) in [5.41, 5.74) is -0.792. The van der Waals surface area contributed by atoms with Gasteiger partial charge in [-0.1, -0.05) is 6.92 Å². The first-order valence-corrected chi connectivity index (χ1v) is 12.6. The summed E-state index contributed by atoms with van der Waals surface area (Å²) in [6, 6.07) is 9.94. The summed E-state index contributed by atoms with van der Waals surface area (Å²) < 4.78 is 59.2. The highest BCUT2D eigenvalue weighted by molar-refractivity contribution is 5.96. The summed E-state index contributed by atoms with van der Waals surface area (Å²) in [7, 11) is 0. The summed E-state index contributed by atoms with van der Waals surface area (Å²) in [6.07, 6.45) is -1.23. The number of anilines is 1. The van der Waals surface area contributed by atoms with Gasteiger partial charge in [-0.25, -0.2) is 4.39 Å². The third-order valence-corrected chi connectivity index (χ3v) is 6.91. The number of likely N-dealkylation sites (tertiary alicyclic amines) is 1. The van der Waals surface area contributed by atoms with Gasteiger partial charge in [0.25, 0.3) is 5.91 Å². The molecule has 1 atom stereocenters. The van der Waals surface area contributed by atoms with Gasteiger partial charge in [0.1, 0.15) is 11.6 Å². The van der Waals surface area contributed by atoms with Crippen molar-refractivity contribution in [3.63, 3.8) is 0 Å². The van der Waals surface area contributed by atoms with Crippen molar-refractivity contribution in [3.05, 3.63) is 59.4 Å². The van der Waals surface area contributed by atoms with E-state index in [1.54, 1.807) is 0 Å². The SMILES string of the molecule is CC1CCCN(CCCOc2ccc(N3CCN(C(=O)c4ccc(F)cc4C(F)(F)F)CC3)cc2)C1. The molecule has 2 aromatic carbocycles. The summed E-state index contributed by atoms with van der Waals surface area (Å²) in [6.45, 7) is 7.89. The lowest BCUT2D eigenvalue weighted by Crippen LogP contribution is -2.49. The lowest BCUT2D eigenvalue weighted by Gasteiger charge is -2.36. The van der Waals surface area contributed by atoms with Crippen molar-refractivity contribution in [1.82, 2.24) is 9.80 Å². The van der Waals surface area contributed by atoms with Gasteiger partial charge in [0.15, 0.2) is 0 Å². The van der Waals surface area contributed by atoms with Crippen molar-refractivity contribution in [3.8, 4) is 5.75 Å². The van der Waals surface area contributed by atoms with Crippen molar-refractivity contribution in [1.29, 1.82) is 0 Å². The summed E-state index contributed by atoms with van der Waals surface area (Å²) in [5.74, 6) is -0.180. The van der Waals surface area contributed by atoms with Crippen molar-refractivity contribution in [2.45, 2.75) is 32.4 Å². The van der Waals surface area contributed by atoms with Crippen molar-refractivity contribution in [2.75, 3.05) is 57.3 Å². The predicted molar refractivity (Wildman–Crippen MR) is 131 cm³/mol. The fraction of sp³-hybridized carbons (Fsp3) is 0.519. The Morgan fingerprint density at radius 2 is 1.75 bits per heavy atom. The number of hydrogen-bond donors (Lipinski definition) is 0. The van der Waals surface area contributed by atoms with Gasteiger partial charge in [0.05, 0.1) is 17.7 Å². The molecule has 0 spiro atoms. The highest BCUT2D eigenvalue weighted by atomic mass is 19.4. The van der Waals surface area contributed by atoms with Gasteiger partial charge >= 0.3 is 6.18 Å². The third kappa shape index (κ3) is 6.69. The zero-order valence-corrected chi connectivity index (χ0v) is 20.6. The number of alkyl halides is 3. The highest BCUT2D eigenvalue weighted by Gasteiger charge is 2.37. The molecule has 0 aromatic heterocycles. The number of benzene rings is 2. The van der Waals surface area contributed by atoms with E-state index in [1.807, 2.05) is 24.3 Å². The standard InChI is InChI=1S/C27H33F4N3O2/c1-20-4-2-11-32(19-20)12-3-17-36-23-8-6-22(7-9-23)33-13-15-34(16-14-33)26(35)24-10-5-21(28)18-25(24)27(29,30)31/h5-10,18,20H,2-4,11-17,19H2,1H3. The fourth-order valence-corrected chi connectivity index (χ4v) is 5.00. The van der Waals surface area contributed by atoms with Crippen molar-refractivity contribution < 1.29 is 27.1 Å². The molecule has 0 aliphatic carbocycles. The molecule has 2 aromatic rings. The van der Waals surface area contributed by atoms with Crippen LogP contribution in [0.3, 0.4) is 0 Å². The van der Waals surface area contributed by atoms with Crippen LogP contribution in [0.5, 0.6) is 5.75 Å². The van der Waals surface area contributed by atoms with Crippen molar-refractivity contribution in [2.24, 2.45) is 5.92 Å². The van der Waals surface area contributed by atoms with Gasteiger partial charge in [-0.3, -0.25) is 4.79 Å². The summed E-state index contributed by atoms with van der Waals surface area (Å²) >= 11 is 0. The van der Waals surface area contributed by atoms with E-state index in [-0.39, 0.29) is 13.1 Å². The first-order chi connectivity index (χ1) is 17.2. The maximum Gasteiger partial charge on any atom is 0.417 e. The Morgan fingerprint density at radius 1 is 1.03 bits per heavy atom. The average Bonchev–Trinajstić information content (AvgIpc) is 2.86. The van der Waals surface area contributed by atoms with E-state index in [0.717, 1.165) is 42.5 Å². The van der Waals surface area contributed by atoms with Gasteiger partial charge in [0, 0.05) is 45.0 Å². The van der Waals surface area contributed by atoms with E-state index in [9.17, 15) is 22.4 Å². The van der Waals surface area contributed by atoms with Crippen LogP contribution in [0.2, 0.25) is 0 Å². The average molecular weight is 508 g/mol. The molecule has 5 nitrogen and oxygen atoms in total. The van der Waals surface area contributed by atoms with E-state index in [1.165, 1.54) is 30.8 Å². The summed E-state index contributed by atoms with van der Waals surface area (Å²) in [5, 5.41) is 0. The molecule has 1 amide bonds. The van der Waals surface area contributed by atoms with E-state index in [4.69, 9.17) is 4.74 Å². The number of amides is 1. The summed E-state index contributed by atoms with van der Waals surface area (Å²) in [4.78, 5) is 18.8. The van der Waals surface area contributed by atoms with Crippen LogP contribution < -0.4 is 9.64 Å². The van der Waals surface area contributed by atoms with Gasteiger partial charge in [-0.15, -0.1) is 0 Å². The van der Waals surface area contributed by atoms with Crippen LogP contribution in [0.1, 0.15) is 42.1 Å². The molecule has 2 aliphatic rings. The smallest absolute Gasteiger partial charge is 0.417 e. The predicted octanol–water partition coefficient (Wildman–Crippen LogP) is 5.31. The molecule has 0 saturated carbocycles. The number of nitrogens with zero attached hydrogens (tertiary/aromatic N) is 3. The quantitative estimate of drug-likeness (QED) is 0.376. The van der Waals surface area contributed by atoms with Crippen LogP contribution in [0.15, 0.2) is 42.5 Å². The number of piperidine rings is 1. The molecule has 2 aliphatic heterocycles. The Morgan fingerprint density at radius 3 is 2.42 bits per heavy atom. The van der Waals surface area contributed by atoms with E-state index in [0.29, 0.717) is 25.8 Å². The second kappa shape index (κ2) is 11.5. The molecule has 4 rings (SSSR count). The van der Waals surface area contributed by atoms with Gasteiger partial charge in [-0.05, 0) is 74.2 Å². The monoisotopic (exact) mass is 507 g/mol. The molecule has 196 valence electrons. The van der Waals surface area contributed by atoms with Crippen LogP contribution in [0.4, 0.5) is 23.2 Å². The maximum absolute atomic E-state index is 13.4. The molecule has 0 N–H and O–H groups in total. The van der Waals surface area contributed by atoms with E-state index >= 15 is 0 Å². The molecule has 9 heteroatoms. The second-order valence-corrected chi connectivity index (χ2v) is 9.71. The zero-order chi connectivity index (χ0) is 25.7. The Balaban J connectivity index is 1.25. The fourth-order valence-electron chi connectivity index (χ4n) is 5.00. The molecule has 2 fully saturated rings. The minimum atomic E-state index is -4.80. The number of hydrogen-bond acceptors (Lipinski definition) is 4. The van der Waals surface area contributed by atoms with Crippen molar-refractivity contribution >= 4 is 11.6 Å². The maximum atomic E-state index is 13.4. The topological polar surface area (TPSA) is 36.0 Å². The Kier molecular flexibility index (Phi) is 8.39. The second-order valence-electron chi connectivity index (χ2n) is 9.71. The molecule has 1 unspecified atom stereocenters. The lowest BCUT2D eigenvalue weighted by atomic mass is 10.0. The molecular weight excluding hydrogens is 474 g/mol. The van der Waals surface area contributed by atoms with Gasteiger partial charge in [-0.2, -0.15) is 13.2 Å². The van der Waals surface area contributed by atoms with E-state index in [2.05, 4.69) is 16.7 Å². The van der Waals surface area contributed by atoms with Crippen LogP contribution in [0.25, 0.3) is 0 Å². The van der Waals surface area contributed by atoms with Crippen LogP contribution >= 0.6 is 0 Å². The molecule has 0 bridgehead atoms. The lowest BCUT2D eigenvalue weighted by molar-refractivity contribution is -0.138. The molecular formula is C27H33F4N3O2. The molecule has 36 heavy (non-hydrogen) atoms. The molecule has 0 radical (unpaired) electrons. The van der Waals surface area contributed by atoms with E-state index < -0.39 is 29.0 Å². The normalized spacial score (nSPS) is 19.4. The highest BCUT2D eigenvalue weighted by Crippen LogP contribution is 2.33.